The Labute approximate surface area is 114 Å². The largest absolute Gasteiger partial charge is 0.396 e. The molecule has 0 aliphatic carbocycles. The van der Waals surface area contributed by atoms with E-state index in [2.05, 4.69) is 10.4 Å². The summed E-state index contributed by atoms with van der Waals surface area (Å²) in [5.41, 5.74) is 6.25. The number of nitriles is 1. The second-order valence-corrected chi connectivity index (χ2v) is 4.04. The minimum Gasteiger partial charge on any atom is -0.396 e. The van der Waals surface area contributed by atoms with Crippen LogP contribution in [0.5, 0.6) is 0 Å². The number of carbonyl (C=O) groups is 1. The molecule has 0 unspecified atom stereocenters. The molecule has 0 bridgehead atoms. The van der Waals surface area contributed by atoms with Gasteiger partial charge in [0.2, 0.25) is 0 Å². The summed E-state index contributed by atoms with van der Waals surface area (Å²) in [6, 6.07) is 5.33. The molecule has 1 aromatic carbocycles. The van der Waals surface area contributed by atoms with Gasteiger partial charge in [-0.25, -0.2) is 4.39 Å². The van der Waals surface area contributed by atoms with Gasteiger partial charge in [-0.1, -0.05) is 0 Å². The highest BCUT2D eigenvalue weighted by atomic mass is 19.1. The zero-order valence-corrected chi connectivity index (χ0v) is 10.7. The predicted molar refractivity (Wildman–Crippen MR) is 71.4 cm³/mol. The van der Waals surface area contributed by atoms with Gasteiger partial charge in [-0.2, -0.15) is 10.4 Å². The van der Waals surface area contributed by atoms with Crippen molar-refractivity contribution in [3.63, 3.8) is 0 Å². The molecule has 0 fully saturated rings. The Morgan fingerprint density at radius 2 is 2.35 bits per heavy atom. The van der Waals surface area contributed by atoms with Crippen LogP contribution in [0.1, 0.15) is 23.0 Å². The van der Waals surface area contributed by atoms with Crippen LogP contribution in [0, 0.1) is 17.1 Å². The van der Waals surface area contributed by atoms with Crippen molar-refractivity contribution in [3.05, 3.63) is 41.5 Å². The third kappa shape index (κ3) is 2.59. The smallest absolute Gasteiger partial charge is 0.278 e. The Balaban J connectivity index is 2.28. The first-order chi connectivity index (χ1) is 9.55. The SMILES string of the molecule is CCn1cc(N)c(C(=O)Nc2ccc(F)cc2C#N)n1. The zero-order chi connectivity index (χ0) is 14.7. The maximum Gasteiger partial charge on any atom is 0.278 e. The first kappa shape index (κ1) is 13.5. The van der Waals surface area contributed by atoms with Crippen molar-refractivity contribution < 1.29 is 9.18 Å². The summed E-state index contributed by atoms with van der Waals surface area (Å²) in [7, 11) is 0. The van der Waals surface area contributed by atoms with E-state index in [0.29, 0.717) is 6.54 Å². The number of aromatic nitrogens is 2. The molecule has 7 heteroatoms. The molecule has 0 radical (unpaired) electrons. The van der Waals surface area contributed by atoms with Crippen molar-refractivity contribution in [2.45, 2.75) is 13.5 Å². The van der Waals surface area contributed by atoms with Crippen LogP contribution in [0.2, 0.25) is 0 Å². The Morgan fingerprint density at radius 1 is 1.60 bits per heavy atom. The van der Waals surface area contributed by atoms with Gasteiger partial charge in [-0.05, 0) is 25.1 Å². The lowest BCUT2D eigenvalue weighted by molar-refractivity contribution is 0.102. The number of carbonyl (C=O) groups excluding carboxylic acids is 1. The minimum absolute atomic E-state index is 0.0341. The molecule has 0 atom stereocenters. The summed E-state index contributed by atoms with van der Waals surface area (Å²) in [5.74, 6) is -1.09. The number of nitrogens with two attached hydrogens (primary N) is 1. The molecular formula is C13H12FN5O. The maximum atomic E-state index is 13.0. The number of amides is 1. The molecule has 0 saturated carbocycles. The number of hydrogen-bond donors (Lipinski definition) is 2. The number of nitrogens with one attached hydrogen (secondary N) is 1. The van der Waals surface area contributed by atoms with E-state index < -0.39 is 11.7 Å². The second kappa shape index (κ2) is 5.40. The van der Waals surface area contributed by atoms with E-state index in [4.69, 9.17) is 11.0 Å². The van der Waals surface area contributed by atoms with Crippen molar-refractivity contribution in [2.24, 2.45) is 0 Å². The van der Waals surface area contributed by atoms with E-state index >= 15 is 0 Å². The number of benzene rings is 1. The van der Waals surface area contributed by atoms with Crippen molar-refractivity contribution in [1.29, 1.82) is 5.26 Å². The first-order valence-electron chi connectivity index (χ1n) is 5.89. The molecule has 1 heterocycles. The minimum atomic E-state index is -0.547. The average molecular weight is 273 g/mol. The summed E-state index contributed by atoms with van der Waals surface area (Å²) in [5, 5.41) is 15.4. The predicted octanol–water partition coefficient (Wildman–Crippen LogP) is 1.75. The Morgan fingerprint density at radius 3 is 2.95 bits per heavy atom. The average Bonchev–Trinajstić information content (AvgIpc) is 2.82. The zero-order valence-electron chi connectivity index (χ0n) is 10.7. The summed E-state index contributed by atoms with van der Waals surface area (Å²) in [4.78, 5) is 12.0. The van der Waals surface area contributed by atoms with Crippen LogP contribution in [0.15, 0.2) is 24.4 Å². The van der Waals surface area contributed by atoms with Crippen LogP contribution < -0.4 is 11.1 Å². The van der Waals surface area contributed by atoms with Crippen molar-refractivity contribution >= 4 is 17.3 Å². The van der Waals surface area contributed by atoms with Gasteiger partial charge in [-0.15, -0.1) is 0 Å². The van der Waals surface area contributed by atoms with E-state index in [9.17, 15) is 9.18 Å². The molecule has 0 saturated heterocycles. The summed E-state index contributed by atoms with van der Waals surface area (Å²) in [6.07, 6.45) is 1.55. The van der Waals surface area contributed by atoms with Crippen LogP contribution >= 0.6 is 0 Å². The summed E-state index contributed by atoms with van der Waals surface area (Å²) < 4.78 is 14.5. The molecule has 2 aromatic rings. The summed E-state index contributed by atoms with van der Waals surface area (Å²) in [6.45, 7) is 2.44. The number of halogens is 1. The molecule has 102 valence electrons. The molecule has 0 aliphatic rings. The molecule has 0 spiro atoms. The molecular weight excluding hydrogens is 261 g/mol. The third-order valence-electron chi connectivity index (χ3n) is 2.68. The fourth-order valence-corrected chi connectivity index (χ4v) is 1.67. The highest BCUT2D eigenvalue weighted by molar-refractivity contribution is 6.06. The molecule has 0 aliphatic heterocycles. The Bertz CT molecular complexity index is 701. The van der Waals surface area contributed by atoms with Gasteiger partial charge in [0, 0.05) is 12.7 Å². The highest BCUT2D eigenvalue weighted by Crippen LogP contribution is 2.18. The molecule has 2 rings (SSSR count). The van der Waals surface area contributed by atoms with E-state index in [0.717, 1.165) is 12.1 Å². The molecule has 20 heavy (non-hydrogen) atoms. The number of anilines is 2. The van der Waals surface area contributed by atoms with Gasteiger partial charge in [0.1, 0.15) is 11.9 Å². The van der Waals surface area contributed by atoms with Gasteiger partial charge >= 0.3 is 0 Å². The fraction of sp³-hybridized carbons (Fsp3) is 0.154. The van der Waals surface area contributed by atoms with Crippen molar-refractivity contribution in [2.75, 3.05) is 11.1 Å². The van der Waals surface area contributed by atoms with E-state index in [1.54, 1.807) is 6.20 Å². The first-order valence-corrected chi connectivity index (χ1v) is 5.89. The lowest BCUT2D eigenvalue weighted by Gasteiger charge is -2.05. The third-order valence-corrected chi connectivity index (χ3v) is 2.68. The van der Waals surface area contributed by atoms with Crippen LogP contribution in [-0.2, 0) is 6.54 Å². The number of nitrogens with zero attached hydrogens (tertiary/aromatic N) is 3. The lowest BCUT2D eigenvalue weighted by Crippen LogP contribution is -2.15. The van der Waals surface area contributed by atoms with E-state index in [1.807, 2.05) is 13.0 Å². The number of nitrogen functional groups attached to an aromatic ring is 1. The maximum absolute atomic E-state index is 13.0. The van der Waals surface area contributed by atoms with Gasteiger partial charge in [0.05, 0.1) is 16.9 Å². The van der Waals surface area contributed by atoms with Gasteiger partial charge in [-0.3, -0.25) is 9.48 Å². The van der Waals surface area contributed by atoms with Gasteiger partial charge in [0.15, 0.2) is 5.69 Å². The number of rotatable bonds is 3. The molecule has 1 aromatic heterocycles. The molecule has 1 amide bonds. The quantitative estimate of drug-likeness (QED) is 0.890. The van der Waals surface area contributed by atoms with Crippen molar-refractivity contribution in [1.82, 2.24) is 9.78 Å². The topological polar surface area (TPSA) is 96.7 Å². The fourth-order valence-electron chi connectivity index (χ4n) is 1.67. The molecule has 3 N–H and O–H groups in total. The van der Waals surface area contributed by atoms with Crippen LogP contribution in [0.4, 0.5) is 15.8 Å². The number of hydrogen-bond acceptors (Lipinski definition) is 4. The van der Waals surface area contributed by atoms with E-state index in [-0.39, 0.29) is 22.6 Å². The second-order valence-electron chi connectivity index (χ2n) is 4.04. The summed E-state index contributed by atoms with van der Waals surface area (Å²) >= 11 is 0. The van der Waals surface area contributed by atoms with Gasteiger partial charge in [0.25, 0.3) is 5.91 Å². The standard InChI is InChI=1S/C13H12FN5O/c1-2-19-7-10(16)12(18-19)13(20)17-11-4-3-9(14)5-8(11)6-15/h3-5,7H,2,16H2,1H3,(H,17,20). The van der Waals surface area contributed by atoms with E-state index in [1.165, 1.54) is 10.7 Å². The van der Waals surface area contributed by atoms with Gasteiger partial charge < -0.3 is 11.1 Å². The number of aryl methyl sites for hydroxylation is 1. The highest BCUT2D eigenvalue weighted by Gasteiger charge is 2.16. The van der Waals surface area contributed by atoms with Crippen LogP contribution in [0.25, 0.3) is 0 Å². The van der Waals surface area contributed by atoms with Crippen LogP contribution in [0.3, 0.4) is 0 Å². The normalized spacial score (nSPS) is 10.1. The molecule has 6 nitrogen and oxygen atoms in total. The van der Waals surface area contributed by atoms with Crippen LogP contribution in [-0.4, -0.2) is 15.7 Å². The van der Waals surface area contributed by atoms with Crippen molar-refractivity contribution in [3.8, 4) is 6.07 Å². The lowest BCUT2D eigenvalue weighted by atomic mass is 10.2. The monoisotopic (exact) mass is 273 g/mol. The Kier molecular flexibility index (Phi) is 3.66. The Hall–Kier alpha value is -2.88.